The van der Waals surface area contributed by atoms with Crippen molar-refractivity contribution in [3.63, 3.8) is 0 Å². The highest BCUT2D eigenvalue weighted by molar-refractivity contribution is 7.45. The number of hydrogen-bond acceptors (Lipinski definition) is 7. The maximum Gasteiger partial charge on any atom is 0.306 e. The van der Waals surface area contributed by atoms with Crippen LogP contribution in [0.25, 0.3) is 0 Å². The summed E-state index contributed by atoms with van der Waals surface area (Å²) < 4.78 is 30.2. The third-order valence-electron chi connectivity index (χ3n) is 13.2. The van der Waals surface area contributed by atoms with Crippen molar-refractivity contribution in [2.24, 2.45) is 0 Å². The zero-order chi connectivity index (χ0) is 55.7. The molecule has 0 fully saturated rings. The Labute approximate surface area is 468 Å². The predicted octanol–water partition coefficient (Wildman–Crippen LogP) is 18.5. The average Bonchev–Trinajstić information content (AvgIpc) is 3.38. The van der Waals surface area contributed by atoms with Gasteiger partial charge in [0.05, 0.1) is 33.8 Å². The molecule has 0 aromatic rings. The molecule has 0 aromatic carbocycles. The molecule has 0 aliphatic heterocycles. The molecule has 9 nitrogen and oxygen atoms in total. The lowest BCUT2D eigenvalue weighted by Crippen LogP contribution is -2.47. The van der Waals surface area contributed by atoms with Gasteiger partial charge in [-0.15, -0.1) is 0 Å². The van der Waals surface area contributed by atoms with Gasteiger partial charge in [0.15, 0.2) is 0 Å². The first-order valence-electron chi connectivity index (χ1n) is 31.0. The maximum absolute atomic E-state index is 13.5. The van der Waals surface area contributed by atoms with Crippen molar-refractivity contribution in [3.05, 3.63) is 97.2 Å². The Morgan fingerprint density at radius 1 is 0.474 bits per heavy atom. The lowest BCUT2D eigenvalue weighted by molar-refractivity contribution is -0.870. The molecule has 0 radical (unpaired) electrons. The van der Waals surface area contributed by atoms with Gasteiger partial charge in [-0.1, -0.05) is 234 Å². The Kier molecular flexibility index (Phi) is 53.0. The van der Waals surface area contributed by atoms with Crippen LogP contribution in [0, 0.1) is 0 Å². The van der Waals surface area contributed by atoms with E-state index in [4.69, 9.17) is 13.8 Å². The zero-order valence-electron chi connectivity index (χ0n) is 49.9. The number of likely N-dealkylation sites (N-methyl/N-ethyl adjacent to an activating group) is 1. The van der Waals surface area contributed by atoms with Crippen LogP contribution in [0.15, 0.2) is 97.2 Å². The SMILES string of the molecule is CC/C=C\C/C=C\C/C=C\C/C=C\C/C=C\C/C=C\CCCCCCCCC(=O)NC(COP(=O)([O-])OCC[N+](C)(C)C)C(/C=C\CCCCCCCCCCC)OC(=O)CCCCC/C=C\CCCCCCCCC. The molecule has 0 bridgehead atoms. The number of amides is 1. The number of unbranched alkanes of at least 4 members (excludes halogenated alkanes) is 25. The minimum Gasteiger partial charge on any atom is -0.756 e. The summed E-state index contributed by atoms with van der Waals surface area (Å²) >= 11 is 0. The van der Waals surface area contributed by atoms with Gasteiger partial charge in [0.25, 0.3) is 7.82 Å². The number of esters is 1. The van der Waals surface area contributed by atoms with Gasteiger partial charge in [-0.05, 0) is 109 Å². The standard InChI is InChI=1S/C66H117N2O7P/c1-7-10-13-16-19-22-25-27-29-30-31-32-33-34-35-36-37-38-39-40-43-46-49-52-55-58-65(69)67-63(62-74-76(71,72)73-61-60-68(4,5)6)64(57-54-51-48-45-42-24-21-18-15-12-9-3)75-66(70)59-56-53-50-47-44-41-28-26-23-20-17-14-11-8-2/h10,13,19,22,27,29,31-32,34-35,37-38,41,44,54,57,63-64H,7-9,11-12,14-18,20-21,23-26,28,30,33,36,39-40,42-43,45-53,55-56,58-62H2,1-6H3,(H-,67,69,71,72)/b13-10-,22-19-,29-27-,32-31-,35-34-,38-37-,44-41-,57-54-. The number of phosphoric ester groups is 1. The highest BCUT2D eigenvalue weighted by Gasteiger charge is 2.27. The summed E-state index contributed by atoms with van der Waals surface area (Å²) in [4.78, 5) is 39.9. The van der Waals surface area contributed by atoms with Gasteiger partial charge in [-0.3, -0.25) is 14.2 Å². The number of phosphoric acid groups is 1. The smallest absolute Gasteiger partial charge is 0.306 e. The number of nitrogens with one attached hydrogen (secondary N) is 1. The number of nitrogens with zero attached hydrogens (tertiary/aromatic N) is 1. The van der Waals surface area contributed by atoms with Gasteiger partial charge in [0.2, 0.25) is 5.91 Å². The minimum absolute atomic E-state index is 0.0319. The lowest BCUT2D eigenvalue weighted by Gasteiger charge is -2.30. The second-order valence-corrected chi connectivity index (χ2v) is 23.2. The quantitative estimate of drug-likeness (QED) is 0.0212. The Morgan fingerprint density at radius 2 is 0.842 bits per heavy atom. The minimum atomic E-state index is -4.71. The molecule has 0 heterocycles. The van der Waals surface area contributed by atoms with Gasteiger partial charge < -0.3 is 28.5 Å². The van der Waals surface area contributed by atoms with E-state index in [0.717, 1.165) is 122 Å². The van der Waals surface area contributed by atoms with Crippen LogP contribution in [0.4, 0.5) is 0 Å². The number of carbonyl (C=O) groups excluding carboxylic acids is 2. The van der Waals surface area contributed by atoms with E-state index in [2.05, 4.69) is 111 Å². The van der Waals surface area contributed by atoms with Crippen LogP contribution in [0.1, 0.15) is 258 Å². The molecule has 1 N–H and O–H groups in total. The molecular formula is C66H117N2O7P. The summed E-state index contributed by atoms with van der Waals surface area (Å²) in [6, 6.07) is -0.907. The van der Waals surface area contributed by atoms with E-state index >= 15 is 0 Å². The van der Waals surface area contributed by atoms with Gasteiger partial charge in [0.1, 0.15) is 19.3 Å². The first kappa shape index (κ1) is 72.9. The summed E-state index contributed by atoms with van der Waals surface area (Å²) in [6.07, 6.45) is 73.8. The van der Waals surface area contributed by atoms with Crippen molar-refractivity contribution in [1.29, 1.82) is 0 Å². The van der Waals surface area contributed by atoms with Gasteiger partial charge in [-0.25, -0.2) is 0 Å². The van der Waals surface area contributed by atoms with Gasteiger partial charge >= 0.3 is 5.97 Å². The fourth-order valence-corrected chi connectivity index (χ4v) is 9.18. The van der Waals surface area contributed by atoms with E-state index in [1.807, 2.05) is 33.3 Å². The number of allylic oxidation sites excluding steroid dienone is 15. The van der Waals surface area contributed by atoms with Crippen LogP contribution in [0.2, 0.25) is 0 Å². The molecule has 0 aliphatic carbocycles. The second kappa shape index (κ2) is 55.3. The normalized spacial score (nSPS) is 14.4. The van der Waals surface area contributed by atoms with Crippen LogP contribution in [-0.2, 0) is 27.9 Å². The van der Waals surface area contributed by atoms with Crippen LogP contribution in [0.5, 0.6) is 0 Å². The first-order valence-corrected chi connectivity index (χ1v) is 32.5. The zero-order valence-corrected chi connectivity index (χ0v) is 50.8. The molecule has 10 heteroatoms. The van der Waals surface area contributed by atoms with Crippen LogP contribution in [0.3, 0.4) is 0 Å². The fourth-order valence-electron chi connectivity index (χ4n) is 8.46. The van der Waals surface area contributed by atoms with E-state index in [-0.39, 0.29) is 24.9 Å². The van der Waals surface area contributed by atoms with Crippen LogP contribution >= 0.6 is 7.82 Å². The average molecular weight is 1080 g/mol. The largest absolute Gasteiger partial charge is 0.756 e. The molecule has 3 atom stereocenters. The van der Waals surface area contributed by atoms with Crippen LogP contribution in [-0.4, -0.2) is 69.4 Å². The Bertz CT molecular complexity index is 1620. The summed E-state index contributed by atoms with van der Waals surface area (Å²) in [5, 5.41) is 3.01. The molecule has 0 rings (SSSR count). The highest BCUT2D eigenvalue weighted by Crippen LogP contribution is 2.38. The van der Waals surface area contributed by atoms with Crippen molar-refractivity contribution in [2.45, 2.75) is 270 Å². The van der Waals surface area contributed by atoms with E-state index in [9.17, 15) is 19.0 Å². The van der Waals surface area contributed by atoms with Crippen molar-refractivity contribution in [3.8, 4) is 0 Å². The van der Waals surface area contributed by atoms with E-state index in [1.165, 1.54) is 89.9 Å². The summed E-state index contributed by atoms with van der Waals surface area (Å²) in [5.74, 6) is -0.580. The number of rotatable bonds is 55. The molecular weight excluding hydrogens is 964 g/mol. The van der Waals surface area contributed by atoms with Crippen molar-refractivity contribution in [1.82, 2.24) is 5.32 Å². The third-order valence-corrected chi connectivity index (χ3v) is 14.2. The topological polar surface area (TPSA) is 114 Å². The molecule has 0 aromatic heterocycles. The van der Waals surface area contributed by atoms with E-state index in [0.29, 0.717) is 30.3 Å². The fraction of sp³-hybridized carbons (Fsp3) is 0.727. The van der Waals surface area contributed by atoms with Crippen molar-refractivity contribution >= 4 is 19.7 Å². The Morgan fingerprint density at radius 3 is 1.29 bits per heavy atom. The Hall–Kier alpha value is -3.07. The van der Waals surface area contributed by atoms with Gasteiger partial charge in [0, 0.05) is 12.8 Å². The van der Waals surface area contributed by atoms with Crippen LogP contribution < -0.4 is 10.2 Å². The predicted molar refractivity (Wildman–Crippen MR) is 325 cm³/mol. The van der Waals surface area contributed by atoms with E-state index in [1.54, 1.807) is 0 Å². The molecule has 0 aliphatic rings. The van der Waals surface area contributed by atoms with Crippen molar-refractivity contribution in [2.75, 3.05) is 40.9 Å². The molecule has 0 saturated heterocycles. The monoisotopic (exact) mass is 1080 g/mol. The Balaban J connectivity index is 5.20. The maximum atomic E-state index is 13.5. The highest BCUT2D eigenvalue weighted by atomic mass is 31.2. The molecule has 1 amide bonds. The van der Waals surface area contributed by atoms with Crippen molar-refractivity contribution < 1.29 is 37.3 Å². The summed E-state index contributed by atoms with van der Waals surface area (Å²) in [7, 11) is 1.16. The van der Waals surface area contributed by atoms with Gasteiger partial charge in [-0.2, -0.15) is 0 Å². The van der Waals surface area contributed by atoms with E-state index < -0.39 is 26.6 Å². The molecule has 76 heavy (non-hydrogen) atoms. The molecule has 438 valence electrons. The summed E-state index contributed by atoms with van der Waals surface area (Å²) in [6.45, 7) is 6.69. The number of ether oxygens (including phenoxy) is 1. The third kappa shape index (κ3) is 55.7. The first-order chi connectivity index (χ1) is 36.9. The number of hydrogen-bond donors (Lipinski definition) is 1. The second-order valence-electron chi connectivity index (χ2n) is 21.8. The molecule has 0 saturated carbocycles. The molecule has 3 unspecified atom stereocenters. The number of quaternary nitrogens is 1. The summed E-state index contributed by atoms with van der Waals surface area (Å²) in [5.41, 5.74) is 0. The number of carbonyl (C=O) groups is 2. The molecule has 0 spiro atoms. The lowest BCUT2D eigenvalue weighted by atomic mass is 10.1.